The van der Waals surface area contributed by atoms with Gasteiger partial charge in [0.1, 0.15) is 4.90 Å². The second kappa shape index (κ2) is 5.21. The van der Waals surface area contributed by atoms with E-state index in [2.05, 4.69) is 4.98 Å². The molecule has 0 bridgehead atoms. The Balaban J connectivity index is 2.42. The van der Waals surface area contributed by atoms with Crippen molar-refractivity contribution in [3.63, 3.8) is 0 Å². The second-order valence-electron chi connectivity index (χ2n) is 4.13. The molecule has 0 amide bonds. The highest BCUT2D eigenvalue weighted by Gasteiger charge is 2.34. The van der Waals surface area contributed by atoms with Gasteiger partial charge < -0.3 is 9.72 Å². The van der Waals surface area contributed by atoms with Crippen LogP contribution in [0.5, 0.6) is 0 Å². The minimum atomic E-state index is -3.74. The molecule has 0 saturated carbocycles. The van der Waals surface area contributed by atoms with Crippen LogP contribution in [0.2, 0.25) is 0 Å². The first-order valence-corrected chi connectivity index (χ1v) is 7.28. The molecule has 1 atom stereocenters. The lowest BCUT2D eigenvalue weighted by Crippen LogP contribution is -2.49. The number of hydrogen-bond donors (Lipinski definition) is 1. The number of hydrogen-bond acceptors (Lipinski definition) is 4. The van der Waals surface area contributed by atoms with Crippen molar-refractivity contribution >= 4 is 10.0 Å². The van der Waals surface area contributed by atoms with Crippen LogP contribution in [-0.4, -0.2) is 43.5 Å². The van der Waals surface area contributed by atoms with Gasteiger partial charge in [-0.3, -0.25) is 4.79 Å². The SMILES string of the molecule is CCC1COCCN1S(=O)(=O)c1c[nH]ccc1=O. The predicted molar refractivity (Wildman–Crippen MR) is 65.9 cm³/mol. The summed E-state index contributed by atoms with van der Waals surface area (Å²) in [6, 6.07) is 1.01. The monoisotopic (exact) mass is 272 g/mol. The van der Waals surface area contributed by atoms with E-state index in [4.69, 9.17) is 4.74 Å². The van der Waals surface area contributed by atoms with Gasteiger partial charge >= 0.3 is 0 Å². The number of rotatable bonds is 3. The minimum absolute atomic E-state index is 0.203. The largest absolute Gasteiger partial charge is 0.378 e. The van der Waals surface area contributed by atoms with Gasteiger partial charge in [0.25, 0.3) is 0 Å². The number of pyridine rings is 1. The van der Waals surface area contributed by atoms with Gasteiger partial charge in [-0.25, -0.2) is 8.42 Å². The van der Waals surface area contributed by atoms with Crippen LogP contribution in [0.4, 0.5) is 0 Å². The molecule has 1 aliphatic heterocycles. The molecule has 18 heavy (non-hydrogen) atoms. The maximum absolute atomic E-state index is 12.4. The number of morpholine rings is 1. The van der Waals surface area contributed by atoms with Crippen LogP contribution in [0.1, 0.15) is 13.3 Å². The van der Waals surface area contributed by atoms with Gasteiger partial charge in [0.05, 0.1) is 13.2 Å². The molecule has 1 N–H and O–H groups in total. The molecule has 1 fully saturated rings. The van der Waals surface area contributed by atoms with Crippen molar-refractivity contribution in [3.05, 3.63) is 28.7 Å². The third kappa shape index (κ3) is 2.33. The normalized spacial score (nSPS) is 21.9. The van der Waals surface area contributed by atoms with Crippen molar-refractivity contribution in [1.82, 2.24) is 9.29 Å². The fourth-order valence-electron chi connectivity index (χ4n) is 2.01. The Bertz CT molecular complexity index is 566. The fraction of sp³-hybridized carbons (Fsp3) is 0.545. The molecule has 7 heteroatoms. The summed E-state index contributed by atoms with van der Waals surface area (Å²) in [7, 11) is -3.74. The zero-order valence-electron chi connectivity index (χ0n) is 10.1. The molecule has 0 aliphatic carbocycles. The number of sulfonamides is 1. The van der Waals surface area contributed by atoms with Crippen molar-refractivity contribution in [1.29, 1.82) is 0 Å². The first-order valence-electron chi connectivity index (χ1n) is 5.84. The molecular formula is C11H16N2O4S. The van der Waals surface area contributed by atoms with E-state index in [9.17, 15) is 13.2 Å². The van der Waals surface area contributed by atoms with Crippen LogP contribution < -0.4 is 5.43 Å². The summed E-state index contributed by atoms with van der Waals surface area (Å²) in [5.41, 5.74) is -0.491. The van der Waals surface area contributed by atoms with Crippen molar-refractivity contribution in [2.75, 3.05) is 19.8 Å². The van der Waals surface area contributed by atoms with E-state index >= 15 is 0 Å². The van der Waals surface area contributed by atoms with Crippen molar-refractivity contribution in [2.45, 2.75) is 24.3 Å². The molecule has 1 aromatic rings. The zero-order valence-corrected chi connectivity index (χ0v) is 10.9. The lowest BCUT2D eigenvalue weighted by atomic mass is 10.2. The summed E-state index contributed by atoms with van der Waals surface area (Å²) in [4.78, 5) is 14.1. The highest BCUT2D eigenvalue weighted by Crippen LogP contribution is 2.19. The Morgan fingerprint density at radius 1 is 1.56 bits per heavy atom. The van der Waals surface area contributed by atoms with Crippen LogP contribution in [0, 0.1) is 0 Å². The lowest BCUT2D eigenvalue weighted by molar-refractivity contribution is 0.0314. The Hall–Kier alpha value is -1.18. The van der Waals surface area contributed by atoms with Gasteiger partial charge in [-0.05, 0) is 6.42 Å². The Labute approximate surface area is 106 Å². The number of ether oxygens (including phenoxy) is 1. The van der Waals surface area contributed by atoms with Gasteiger partial charge in [-0.1, -0.05) is 6.92 Å². The predicted octanol–water partition coefficient (Wildman–Crippen LogP) is 0.174. The maximum Gasteiger partial charge on any atom is 0.248 e. The Kier molecular flexibility index (Phi) is 3.84. The van der Waals surface area contributed by atoms with E-state index in [-0.39, 0.29) is 17.5 Å². The van der Waals surface area contributed by atoms with Crippen molar-refractivity contribution in [3.8, 4) is 0 Å². The van der Waals surface area contributed by atoms with Gasteiger partial charge in [-0.15, -0.1) is 0 Å². The summed E-state index contributed by atoms with van der Waals surface area (Å²) in [5.74, 6) is 0. The van der Waals surface area contributed by atoms with Gasteiger partial charge in [0.2, 0.25) is 15.5 Å². The summed E-state index contributed by atoms with van der Waals surface area (Å²) in [6.07, 6.45) is 3.31. The Morgan fingerprint density at radius 3 is 3.00 bits per heavy atom. The number of nitrogens with zero attached hydrogens (tertiary/aromatic N) is 1. The van der Waals surface area contributed by atoms with Gasteiger partial charge in [0, 0.05) is 31.0 Å². The van der Waals surface area contributed by atoms with E-state index < -0.39 is 15.5 Å². The van der Waals surface area contributed by atoms with E-state index in [1.54, 1.807) is 0 Å². The van der Waals surface area contributed by atoms with E-state index in [0.717, 1.165) is 0 Å². The molecule has 1 unspecified atom stereocenters. The molecule has 1 saturated heterocycles. The van der Waals surface area contributed by atoms with Crippen molar-refractivity contribution in [2.24, 2.45) is 0 Å². The number of aromatic amines is 1. The number of aromatic nitrogens is 1. The molecule has 6 nitrogen and oxygen atoms in total. The molecule has 2 rings (SSSR count). The highest BCUT2D eigenvalue weighted by atomic mass is 32.2. The molecule has 0 spiro atoms. The average Bonchev–Trinajstić information content (AvgIpc) is 2.39. The third-order valence-corrected chi connectivity index (χ3v) is 4.99. The number of nitrogens with one attached hydrogen (secondary N) is 1. The van der Waals surface area contributed by atoms with E-state index in [1.165, 1.54) is 22.8 Å². The van der Waals surface area contributed by atoms with Crippen LogP contribution >= 0.6 is 0 Å². The summed E-state index contributed by atoms with van der Waals surface area (Å²) < 4.78 is 31.5. The first kappa shape index (κ1) is 13.3. The van der Waals surface area contributed by atoms with Crippen LogP contribution in [0.15, 0.2) is 28.2 Å². The second-order valence-corrected chi connectivity index (χ2v) is 5.98. The topological polar surface area (TPSA) is 79.5 Å². The highest BCUT2D eigenvalue weighted by molar-refractivity contribution is 7.89. The summed E-state index contributed by atoms with van der Waals surface area (Å²) in [6.45, 7) is 2.92. The average molecular weight is 272 g/mol. The van der Waals surface area contributed by atoms with E-state index in [1.807, 2.05) is 6.92 Å². The maximum atomic E-state index is 12.4. The zero-order chi connectivity index (χ0) is 13.2. The molecule has 0 aromatic carbocycles. The standard InChI is InChI=1S/C11H16N2O4S/c1-2-9-8-17-6-5-13(9)18(15,16)11-7-12-4-3-10(11)14/h3-4,7,9H,2,5-6,8H2,1H3,(H,12,14). The lowest BCUT2D eigenvalue weighted by Gasteiger charge is -2.33. The van der Waals surface area contributed by atoms with Gasteiger partial charge in [-0.2, -0.15) is 4.31 Å². The molecule has 1 aliphatic rings. The summed E-state index contributed by atoms with van der Waals surface area (Å²) >= 11 is 0. The van der Waals surface area contributed by atoms with E-state index in [0.29, 0.717) is 19.6 Å². The minimum Gasteiger partial charge on any atom is -0.378 e. The molecule has 0 radical (unpaired) electrons. The van der Waals surface area contributed by atoms with Crippen LogP contribution in [0.25, 0.3) is 0 Å². The fourth-order valence-corrected chi connectivity index (χ4v) is 3.72. The quantitative estimate of drug-likeness (QED) is 0.851. The van der Waals surface area contributed by atoms with Crippen LogP contribution in [-0.2, 0) is 14.8 Å². The van der Waals surface area contributed by atoms with Crippen molar-refractivity contribution < 1.29 is 13.2 Å². The molecule has 100 valence electrons. The molecule has 1 aromatic heterocycles. The summed E-state index contributed by atoms with van der Waals surface area (Å²) in [5, 5.41) is 0. The molecule has 2 heterocycles. The Morgan fingerprint density at radius 2 is 2.33 bits per heavy atom. The molecular weight excluding hydrogens is 256 g/mol. The van der Waals surface area contributed by atoms with Gasteiger partial charge in [0.15, 0.2) is 0 Å². The number of H-pyrrole nitrogens is 1. The third-order valence-electron chi connectivity index (χ3n) is 3.02. The first-order chi connectivity index (χ1) is 8.57. The van der Waals surface area contributed by atoms with Crippen LogP contribution in [0.3, 0.4) is 0 Å². The smallest absolute Gasteiger partial charge is 0.248 e.